The molecule has 0 aliphatic rings. The van der Waals surface area contributed by atoms with E-state index >= 15 is 0 Å². The normalized spacial score (nSPS) is 10.7. The molecule has 0 bridgehead atoms. The van der Waals surface area contributed by atoms with Crippen molar-refractivity contribution < 1.29 is 42.5 Å². The van der Waals surface area contributed by atoms with Gasteiger partial charge in [-0.05, 0) is 107 Å². The summed E-state index contributed by atoms with van der Waals surface area (Å²) in [4.78, 5) is 47.8. The zero-order valence-electron chi connectivity index (χ0n) is 27.3. The maximum atomic E-state index is 12.6. The van der Waals surface area contributed by atoms with Crippen LogP contribution in [0.15, 0.2) is 82.0 Å². The van der Waals surface area contributed by atoms with Gasteiger partial charge in [-0.3, -0.25) is 0 Å². The average molecular weight is 649 g/mol. The van der Waals surface area contributed by atoms with E-state index in [0.29, 0.717) is 65.4 Å². The second kappa shape index (κ2) is 19.6. The van der Waals surface area contributed by atoms with Crippen LogP contribution in [-0.4, -0.2) is 44.3 Å². The summed E-state index contributed by atoms with van der Waals surface area (Å²) in [5.41, 5.74) is 1.64. The first-order valence-electron chi connectivity index (χ1n) is 15.9. The van der Waals surface area contributed by atoms with Crippen molar-refractivity contribution in [2.75, 3.05) is 26.4 Å². The molecule has 0 N–H and O–H groups in total. The molecule has 2 aromatic carbocycles. The van der Waals surface area contributed by atoms with E-state index in [-0.39, 0.29) is 24.3 Å². The van der Waals surface area contributed by atoms with Gasteiger partial charge in [0.15, 0.2) is 0 Å². The Morgan fingerprint density at radius 3 is 1.79 bits per heavy atom. The highest BCUT2D eigenvalue weighted by atomic mass is 16.5. The lowest BCUT2D eigenvalue weighted by molar-refractivity contribution is -0.139. The van der Waals surface area contributed by atoms with Crippen LogP contribution in [0.4, 0.5) is 0 Å². The third kappa shape index (κ3) is 13.2. The Kier molecular flexibility index (Phi) is 15.3. The molecule has 0 amide bonds. The minimum Gasteiger partial charge on any atom is -0.494 e. The molecule has 0 unspecified atom stereocenters. The predicted octanol–water partition coefficient (Wildman–Crippen LogP) is 7.27. The predicted molar refractivity (Wildman–Crippen MR) is 178 cm³/mol. The summed E-state index contributed by atoms with van der Waals surface area (Å²) in [6.07, 6.45) is 6.75. The van der Waals surface area contributed by atoms with Gasteiger partial charge in [0.05, 0.1) is 32.0 Å². The van der Waals surface area contributed by atoms with Crippen LogP contribution in [0, 0.1) is 0 Å². The van der Waals surface area contributed by atoms with Crippen LogP contribution < -0.4 is 15.1 Å². The number of benzene rings is 2. The summed E-state index contributed by atoms with van der Waals surface area (Å²) in [5, 5.41) is 0.689. The summed E-state index contributed by atoms with van der Waals surface area (Å²) in [6, 6.07) is 13.6. The monoisotopic (exact) mass is 648 g/mol. The van der Waals surface area contributed by atoms with Gasteiger partial charge in [0.25, 0.3) is 0 Å². The van der Waals surface area contributed by atoms with E-state index < -0.39 is 11.6 Å². The van der Waals surface area contributed by atoms with Crippen LogP contribution in [0.1, 0.15) is 81.1 Å². The van der Waals surface area contributed by atoms with Crippen LogP contribution >= 0.6 is 0 Å². The topological polar surface area (TPSA) is 128 Å². The second-order valence-electron chi connectivity index (χ2n) is 11.2. The molecule has 3 aromatic rings. The van der Waals surface area contributed by atoms with Gasteiger partial charge >= 0.3 is 23.5 Å². The van der Waals surface area contributed by atoms with Gasteiger partial charge in [0, 0.05) is 16.5 Å². The highest BCUT2D eigenvalue weighted by Gasteiger charge is 2.11. The molecule has 3 rings (SSSR count). The Morgan fingerprint density at radius 1 is 0.660 bits per heavy atom. The summed E-state index contributed by atoms with van der Waals surface area (Å²) < 4.78 is 32.5. The molecule has 0 saturated heterocycles. The zero-order valence-corrected chi connectivity index (χ0v) is 27.3. The lowest BCUT2D eigenvalue weighted by Gasteiger charge is -2.09. The molecule has 0 fully saturated rings. The highest BCUT2D eigenvalue weighted by Crippen LogP contribution is 2.20. The minimum atomic E-state index is -0.581. The highest BCUT2D eigenvalue weighted by molar-refractivity contribution is 5.89. The van der Waals surface area contributed by atoms with Crippen LogP contribution in [0.25, 0.3) is 11.0 Å². The fraction of sp³-hybridized carbons (Fsp3) is 0.405. The molecule has 0 aliphatic heterocycles. The molecule has 10 nitrogen and oxygen atoms in total. The summed E-state index contributed by atoms with van der Waals surface area (Å²) in [6.45, 7) is 12.0. The number of unbranched alkanes of at least 4 members (excludes halogenated alkanes) is 6. The molecular formula is C37H44O10. The molecule has 1 heterocycles. The number of rotatable bonds is 21. The molecule has 10 heteroatoms. The number of hydrogen-bond acceptors (Lipinski definition) is 10. The Hall–Kier alpha value is -4.86. The lowest BCUT2D eigenvalue weighted by Crippen LogP contribution is -2.09. The van der Waals surface area contributed by atoms with Crippen molar-refractivity contribution in [1.82, 2.24) is 0 Å². The van der Waals surface area contributed by atoms with Gasteiger partial charge < -0.3 is 28.1 Å². The molecule has 0 aliphatic carbocycles. The molecule has 0 atom stereocenters. The van der Waals surface area contributed by atoms with E-state index in [1.54, 1.807) is 62.4 Å². The number of fused-ring (bicyclic) bond motifs is 1. The lowest BCUT2D eigenvalue weighted by atomic mass is 10.1. The summed E-state index contributed by atoms with van der Waals surface area (Å²) in [7, 11) is 0. The van der Waals surface area contributed by atoms with Gasteiger partial charge in [0.2, 0.25) is 5.75 Å². The van der Waals surface area contributed by atoms with E-state index in [0.717, 1.165) is 51.4 Å². The Morgan fingerprint density at radius 2 is 1.21 bits per heavy atom. The zero-order chi connectivity index (χ0) is 34.0. The molecule has 47 heavy (non-hydrogen) atoms. The van der Waals surface area contributed by atoms with Crippen LogP contribution in [-0.2, 0) is 30.4 Å². The number of ether oxygens (including phenoxy) is 5. The third-order valence-corrected chi connectivity index (χ3v) is 7.00. The van der Waals surface area contributed by atoms with Crippen LogP contribution in [0.2, 0.25) is 0 Å². The largest absolute Gasteiger partial charge is 0.494 e. The van der Waals surface area contributed by atoms with Gasteiger partial charge in [-0.2, -0.15) is 0 Å². The van der Waals surface area contributed by atoms with E-state index in [1.807, 2.05) is 0 Å². The van der Waals surface area contributed by atoms with Crippen molar-refractivity contribution in [1.29, 1.82) is 0 Å². The fourth-order valence-electron chi connectivity index (χ4n) is 4.31. The standard InChI is InChI=1S/C37H44O10/c1-26(2)34(38)44-21-11-7-5-9-19-42-31-17-15-29(16-18-31)36(40)46-25-28-13-14-30-24-33(37(41)47-32(30)23-28)43-20-10-6-8-12-22-45-35(39)27(3)4/h13-18,23-24H,1,3,5-12,19-22,25H2,2,4H3. The van der Waals surface area contributed by atoms with Crippen molar-refractivity contribution in [2.24, 2.45) is 0 Å². The Bertz CT molecular complexity index is 1570. The molecule has 0 radical (unpaired) electrons. The third-order valence-electron chi connectivity index (χ3n) is 7.00. The van der Waals surface area contributed by atoms with E-state index in [9.17, 15) is 19.2 Å². The smallest absolute Gasteiger partial charge is 0.379 e. The molecule has 1 aromatic heterocycles. The van der Waals surface area contributed by atoms with Crippen LogP contribution in [0.5, 0.6) is 11.5 Å². The van der Waals surface area contributed by atoms with Gasteiger partial charge in [-0.25, -0.2) is 19.2 Å². The fourth-order valence-corrected chi connectivity index (χ4v) is 4.31. The van der Waals surface area contributed by atoms with E-state index in [4.69, 9.17) is 28.1 Å². The number of hydrogen-bond donors (Lipinski definition) is 0. The first-order valence-corrected chi connectivity index (χ1v) is 15.9. The molecule has 252 valence electrons. The maximum absolute atomic E-state index is 12.6. The van der Waals surface area contributed by atoms with Crippen molar-refractivity contribution >= 4 is 28.9 Å². The summed E-state index contributed by atoms with van der Waals surface area (Å²) >= 11 is 0. The first-order chi connectivity index (χ1) is 22.6. The quantitative estimate of drug-likeness (QED) is 0.0383. The number of carbonyl (C=O) groups is 3. The minimum absolute atomic E-state index is 0.00772. The Labute approximate surface area is 275 Å². The van der Waals surface area contributed by atoms with Crippen molar-refractivity contribution in [3.8, 4) is 11.5 Å². The van der Waals surface area contributed by atoms with Crippen molar-refractivity contribution in [3.05, 3.63) is 94.4 Å². The first kappa shape index (κ1) is 36.6. The number of carbonyl (C=O) groups excluding carboxylic acids is 3. The Balaban J connectivity index is 1.35. The second-order valence-corrected chi connectivity index (χ2v) is 11.2. The van der Waals surface area contributed by atoms with E-state index in [1.165, 1.54) is 0 Å². The van der Waals surface area contributed by atoms with Gasteiger partial charge in [0.1, 0.15) is 17.9 Å². The maximum Gasteiger partial charge on any atom is 0.379 e. The van der Waals surface area contributed by atoms with Crippen molar-refractivity contribution in [3.63, 3.8) is 0 Å². The SMILES string of the molecule is C=C(C)C(=O)OCCCCCCOc1ccc(C(=O)OCc2ccc3cc(OCCCCCCOC(=O)C(=C)C)c(=O)oc3c2)cc1. The molecule has 0 spiro atoms. The van der Waals surface area contributed by atoms with Crippen molar-refractivity contribution in [2.45, 2.75) is 71.8 Å². The van der Waals surface area contributed by atoms with E-state index in [2.05, 4.69) is 13.2 Å². The molecular weight excluding hydrogens is 604 g/mol. The number of esters is 3. The average Bonchev–Trinajstić information content (AvgIpc) is 3.05. The van der Waals surface area contributed by atoms with Crippen LogP contribution in [0.3, 0.4) is 0 Å². The van der Waals surface area contributed by atoms with Gasteiger partial charge in [-0.1, -0.05) is 25.3 Å². The van der Waals surface area contributed by atoms with Gasteiger partial charge in [-0.15, -0.1) is 0 Å². The molecule has 0 saturated carbocycles. The summed E-state index contributed by atoms with van der Waals surface area (Å²) in [5.74, 6) is -0.428.